The minimum atomic E-state index is -4.68. The molecule has 2 heterocycles. The number of halogens is 4. The average Bonchev–Trinajstić information content (AvgIpc) is 2.45. The highest BCUT2D eigenvalue weighted by Crippen LogP contribution is 2.27. The highest BCUT2D eigenvalue weighted by atomic mass is 32.2. The van der Waals surface area contributed by atoms with Crippen molar-refractivity contribution >= 4 is 10.1 Å². The molecule has 0 saturated carbocycles. The standard InChI is InChI=1S/C12H9F4N3O3S/c1-23(20,21)22-6-7-2-10(17-5-9(7)13)8-3-18-11(19-4-8)12(14,15)16/h2-5H,6H2,1H3. The Kier molecular flexibility index (Phi) is 4.61. The van der Waals surface area contributed by atoms with Crippen LogP contribution in [0.25, 0.3) is 11.3 Å². The van der Waals surface area contributed by atoms with E-state index in [1.807, 2.05) is 0 Å². The van der Waals surface area contributed by atoms with Crippen LogP contribution in [-0.4, -0.2) is 29.6 Å². The Labute approximate surface area is 128 Å². The van der Waals surface area contributed by atoms with E-state index in [0.717, 1.165) is 30.9 Å². The molecule has 2 rings (SSSR count). The first-order valence-corrected chi connectivity index (χ1v) is 7.76. The fourth-order valence-electron chi connectivity index (χ4n) is 1.53. The molecular formula is C12H9F4N3O3S. The molecule has 0 aliphatic carbocycles. The largest absolute Gasteiger partial charge is 0.451 e. The third-order valence-electron chi connectivity index (χ3n) is 2.56. The normalized spacial score (nSPS) is 12.4. The van der Waals surface area contributed by atoms with Crippen LogP contribution < -0.4 is 0 Å². The summed E-state index contributed by atoms with van der Waals surface area (Å²) in [6.07, 6.45) is -1.30. The molecule has 124 valence electrons. The van der Waals surface area contributed by atoms with Crippen LogP contribution in [0.3, 0.4) is 0 Å². The van der Waals surface area contributed by atoms with E-state index in [0.29, 0.717) is 0 Å². The van der Waals surface area contributed by atoms with Crippen LogP contribution in [-0.2, 0) is 27.1 Å². The Bertz CT molecular complexity index is 807. The van der Waals surface area contributed by atoms with E-state index in [2.05, 4.69) is 19.1 Å². The molecule has 0 spiro atoms. The van der Waals surface area contributed by atoms with E-state index in [9.17, 15) is 26.0 Å². The Balaban J connectivity index is 2.30. The molecule has 0 aromatic carbocycles. The van der Waals surface area contributed by atoms with Gasteiger partial charge in [-0.15, -0.1) is 0 Å². The average molecular weight is 351 g/mol. The van der Waals surface area contributed by atoms with Crippen molar-refractivity contribution in [3.63, 3.8) is 0 Å². The van der Waals surface area contributed by atoms with E-state index >= 15 is 0 Å². The highest BCUT2D eigenvalue weighted by molar-refractivity contribution is 7.85. The van der Waals surface area contributed by atoms with Gasteiger partial charge in [0, 0.05) is 23.5 Å². The molecule has 2 aromatic heterocycles. The number of aromatic nitrogens is 3. The molecule has 23 heavy (non-hydrogen) atoms. The summed E-state index contributed by atoms with van der Waals surface area (Å²) in [5.41, 5.74) is 0.0613. The minimum Gasteiger partial charge on any atom is -0.265 e. The molecular weight excluding hydrogens is 342 g/mol. The van der Waals surface area contributed by atoms with Crippen LogP contribution in [0.5, 0.6) is 0 Å². The molecule has 6 nitrogen and oxygen atoms in total. The first kappa shape index (κ1) is 17.2. The van der Waals surface area contributed by atoms with Gasteiger partial charge in [-0.3, -0.25) is 9.17 Å². The smallest absolute Gasteiger partial charge is 0.265 e. The van der Waals surface area contributed by atoms with Gasteiger partial charge in [0.2, 0.25) is 5.82 Å². The SMILES string of the molecule is CS(=O)(=O)OCc1cc(-c2cnc(C(F)(F)F)nc2)ncc1F. The maximum atomic E-state index is 13.6. The first-order valence-electron chi connectivity index (χ1n) is 5.95. The molecule has 0 saturated heterocycles. The quantitative estimate of drug-likeness (QED) is 0.620. The van der Waals surface area contributed by atoms with Crippen molar-refractivity contribution in [1.82, 2.24) is 15.0 Å². The van der Waals surface area contributed by atoms with Crippen LogP contribution in [0.15, 0.2) is 24.7 Å². The Morgan fingerprint density at radius 1 is 1.13 bits per heavy atom. The van der Waals surface area contributed by atoms with Crippen LogP contribution in [0, 0.1) is 5.82 Å². The Hall–Kier alpha value is -2.14. The Morgan fingerprint density at radius 3 is 2.26 bits per heavy atom. The zero-order chi connectivity index (χ0) is 17.3. The van der Waals surface area contributed by atoms with Crippen molar-refractivity contribution in [2.45, 2.75) is 12.8 Å². The number of pyridine rings is 1. The number of hydrogen-bond donors (Lipinski definition) is 0. The molecule has 2 aromatic rings. The summed E-state index contributed by atoms with van der Waals surface area (Å²) in [5, 5.41) is 0. The summed E-state index contributed by atoms with van der Waals surface area (Å²) in [6, 6.07) is 1.15. The van der Waals surface area contributed by atoms with E-state index in [-0.39, 0.29) is 16.8 Å². The number of alkyl halides is 3. The highest BCUT2D eigenvalue weighted by Gasteiger charge is 2.34. The zero-order valence-electron chi connectivity index (χ0n) is 11.5. The molecule has 11 heteroatoms. The molecule has 0 atom stereocenters. The number of hydrogen-bond acceptors (Lipinski definition) is 6. The van der Waals surface area contributed by atoms with E-state index < -0.39 is 34.5 Å². The van der Waals surface area contributed by atoms with Crippen molar-refractivity contribution in [3.05, 3.63) is 41.9 Å². The lowest BCUT2D eigenvalue weighted by Gasteiger charge is -2.07. The van der Waals surface area contributed by atoms with Gasteiger partial charge in [-0.2, -0.15) is 21.6 Å². The maximum absolute atomic E-state index is 13.6. The molecule has 0 aliphatic heterocycles. The van der Waals surface area contributed by atoms with Crippen molar-refractivity contribution in [2.24, 2.45) is 0 Å². The van der Waals surface area contributed by atoms with Crippen LogP contribution in [0.4, 0.5) is 17.6 Å². The number of rotatable bonds is 4. The number of nitrogens with zero attached hydrogens (tertiary/aromatic N) is 3. The van der Waals surface area contributed by atoms with Crippen LogP contribution in [0.2, 0.25) is 0 Å². The van der Waals surface area contributed by atoms with Gasteiger partial charge >= 0.3 is 6.18 Å². The predicted molar refractivity (Wildman–Crippen MR) is 69.9 cm³/mol. The van der Waals surface area contributed by atoms with E-state index in [4.69, 9.17) is 0 Å². The second-order valence-corrected chi connectivity index (χ2v) is 6.06. The van der Waals surface area contributed by atoms with Gasteiger partial charge < -0.3 is 0 Å². The fourth-order valence-corrected chi connectivity index (χ4v) is 1.87. The van der Waals surface area contributed by atoms with Crippen LogP contribution >= 0.6 is 0 Å². The summed E-state index contributed by atoms with van der Waals surface area (Å²) in [6.45, 7) is -0.568. The fraction of sp³-hybridized carbons (Fsp3) is 0.250. The summed E-state index contributed by atoms with van der Waals surface area (Å²) >= 11 is 0. The van der Waals surface area contributed by atoms with Gasteiger partial charge in [-0.25, -0.2) is 14.4 Å². The van der Waals surface area contributed by atoms with E-state index in [1.54, 1.807) is 0 Å². The van der Waals surface area contributed by atoms with Gasteiger partial charge in [0.1, 0.15) is 5.82 Å². The molecule has 0 unspecified atom stereocenters. The van der Waals surface area contributed by atoms with E-state index in [1.165, 1.54) is 0 Å². The third-order valence-corrected chi connectivity index (χ3v) is 3.11. The summed E-state index contributed by atoms with van der Waals surface area (Å²) < 4.78 is 77.0. The second-order valence-electron chi connectivity index (χ2n) is 4.42. The first-order chi connectivity index (χ1) is 10.6. The van der Waals surface area contributed by atoms with Crippen molar-refractivity contribution < 1.29 is 30.2 Å². The molecule has 0 amide bonds. The Morgan fingerprint density at radius 2 is 1.74 bits per heavy atom. The van der Waals surface area contributed by atoms with Gasteiger partial charge in [0.15, 0.2) is 0 Å². The van der Waals surface area contributed by atoms with Crippen molar-refractivity contribution in [3.8, 4) is 11.3 Å². The van der Waals surface area contributed by atoms with Crippen molar-refractivity contribution in [1.29, 1.82) is 0 Å². The maximum Gasteiger partial charge on any atom is 0.451 e. The second kappa shape index (κ2) is 6.16. The topological polar surface area (TPSA) is 82.0 Å². The summed E-state index contributed by atoms with van der Waals surface area (Å²) in [7, 11) is -3.78. The summed E-state index contributed by atoms with van der Waals surface area (Å²) in [4.78, 5) is 10.0. The lowest BCUT2D eigenvalue weighted by molar-refractivity contribution is -0.144. The van der Waals surface area contributed by atoms with Gasteiger partial charge in [0.05, 0.1) is 24.8 Å². The van der Waals surface area contributed by atoms with Crippen LogP contribution in [0.1, 0.15) is 11.4 Å². The molecule has 0 radical (unpaired) electrons. The summed E-state index contributed by atoms with van der Waals surface area (Å²) in [5.74, 6) is -2.13. The molecule has 0 bridgehead atoms. The molecule has 0 N–H and O–H groups in total. The monoisotopic (exact) mass is 351 g/mol. The third kappa shape index (κ3) is 4.66. The van der Waals surface area contributed by atoms with Gasteiger partial charge in [-0.1, -0.05) is 0 Å². The predicted octanol–water partition coefficient (Wildman–Crippen LogP) is 2.17. The van der Waals surface area contributed by atoms with Gasteiger partial charge in [-0.05, 0) is 6.07 Å². The zero-order valence-corrected chi connectivity index (χ0v) is 12.3. The van der Waals surface area contributed by atoms with Gasteiger partial charge in [0.25, 0.3) is 10.1 Å². The lowest BCUT2D eigenvalue weighted by Crippen LogP contribution is -2.10. The lowest BCUT2D eigenvalue weighted by atomic mass is 10.1. The molecule has 0 fully saturated rings. The molecule has 0 aliphatic rings. The minimum absolute atomic E-state index is 0.0761. The van der Waals surface area contributed by atoms with Crippen molar-refractivity contribution in [2.75, 3.05) is 6.26 Å².